The number of halogens is 1. The van der Waals surface area contributed by atoms with Gasteiger partial charge < -0.3 is 19.5 Å². The Kier molecular flexibility index (Phi) is 9.62. The van der Waals surface area contributed by atoms with Gasteiger partial charge in [-0.1, -0.05) is 18.6 Å². The number of likely N-dealkylation sites (tertiary alicyclic amines) is 1. The predicted molar refractivity (Wildman–Crippen MR) is 139 cm³/mol. The molecule has 1 N–H and O–H groups in total. The number of methoxy groups -OCH3 is 1. The second-order valence-electron chi connectivity index (χ2n) is 8.54. The van der Waals surface area contributed by atoms with Crippen LogP contribution in [0.3, 0.4) is 0 Å². The van der Waals surface area contributed by atoms with Gasteiger partial charge in [-0.3, -0.25) is 4.99 Å². The van der Waals surface area contributed by atoms with Gasteiger partial charge in [0.15, 0.2) is 5.96 Å². The number of benzene rings is 1. The number of nitrogens with zero attached hydrogens (tertiary/aromatic N) is 5. The lowest BCUT2D eigenvalue weighted by atomic mass is 9.98. The number of guanidine groups is 1. The minimum Gasteiger partial charge on any atom is -0.497 e. The quantitative estimate of drug-likeness (QED) is 0.243. The van der Waals surface area contributed by atoms with Crippen molar-refractivity contribution < 1.29 is 4.74 Å². The van der Waals surface area contributed by atoms with Crippen molar-refractivity contribution in [3.63, 3.8) is 0 Å². The van der Waals surface area contributed by atoms with Crippen LogP contribution in [-0.2, 0) is 19.4 Å². The van der Waals surface area contributed by atoms with Crippen LogP contribution in [0, 0.1) is 0 Å². The second kappa shape index (κ2) is 12.4. The number of fused-ring (bicyclic) bond motifs is 1. The largest absolute Gasteiger partial charge is 0.497 e. The molecule has 0 radical (unpaired) electrons. The van der Waals surface area contributed by atoms with E-state index in [1.165, 1.54) is 30.7 Å². The Morgan fingerprint density at radius 2 is 2.00 bits per heavy atom. The van der Waals surface area contributed by atoms with Crippen molar-refractivity contribution in [2.24, 2.45) is 4.99 Å². The first kappa shape index (κ1) is 24.8. The third-order valence-corrected chi connectivity index (χ3v) is 6.42. The molecule has 1 saturated heterocycles. The molecule has 2 aliphatic heterocycles. The van der Waals surface area contributed by atoms with Gasteiger partial charge in [0.25, 0.3) is 0 Å². The molecule has 32 heavy (non-hydrogen) atoms. The number of rotatable bonds is 7. The highest BCUT2D eigenvalue weighted by Gasteiger charge is 2.26. The lowest BCUT2D eigenvalue weighted by molar-refractivity contribution is 0.414. The number of hydrogen-bond donors (Lipinski definition) is 1. The van der Waals surface area contributed by atoms with Crippen molar-refractivity contribution in [2.45, 2.75) is 64.3 Å². The summed E-state index contributed by atoms with van der Waals surface area (Å²) >= 11 is 0. The molecule has 1 aromatic carbocycles. The minimum absolute atomic E-state index is 0. The first-order valence-electron chi connectivity index (χ1n) is 11.9. The maximum Gasteiger partial charge on any atom is 0.193 e. The first-order chi connectivity index (χ1) is 15.3. The normalized spacial score (nSPS) is 18.6. The summed E-state index contributed by atoms with van der Waals surface area (Å²) < 4.78 is 7.64. The number of nitrogens with one attached hydrogen (secondary N) is 1. The van der Waals surface area contributed by atoms with Crippen molar-refractivity contribution in [1.82, 2.24) is 25.0 Å². The van der Waals surface area contributed by atoms with Crippen LogP contribution in [-0.4, -0.2) is 58.9 Å². The highest BCUT2D eigenvalue weighted by Crippen LogP contribution is 2.28. The summed E-state index contributed by atoms with van der Waals surface area (Å²) in [7, 11) is 1.71. The molecule has 1 unspecified atom stereocenters. The molecule has 7 nitrogen and oxygen atoms in total. The molecule has 176 valence electrons. The third-order valence-electron chi connectivity index (χ3n) is 6.42. The molecule has 1 fully saturated rings. The van der Waals surface area contributed by atoms with E-state index in [0.29, 0.717) is 5.92 Å². The van der Waals surface area contributed by atoms with E-state index in [1.54, 1.807) is 7.11 Å². The summed E-state index contributed by atoms with van der Waals surface area (Å²) in [4.78, 5) is 7.34. The van der Waals surface area contributed by atoms with E-state index in [-0.39, 0.29) is 24.0 Å². The summed E-state index contributed by atoms with van der Waals surface area (Å²) in [5.74, 6) is 4.81. The molecule has 0 aliphatic carbocycles. The fourth-order valence-electron chi connectivity index (χ4n) is 4.68. The predicted octanol–water partition coefficient (Wildman–Crippen LogP) is 4.02. The summed E-state index contributed by atoms with van der Waals surface area (Å²) in [6.07, 6.45) is 7.95. The molecule has 1 atom stereocenters. The summed E-state index contributed by atoms with van der Waals surface area (Å²) in [6.45, 7) is 6.96. The molecule has 1 aromatic heterocycles. The third kappa shape index (κ3) is 6.14. The van der Waals surface area contributed by atoms with Crippen LogP contribution in [0.5, 0.6) is 5.75 Å². The lowest BCUT2D eigenvalue weighted by Crippen LogP contribution is -2.40. The smallest absolute Gasteiger partial charge is 0.193 e. The van der Waals surface area contributed by atoms with Gasteiger partial charge in [-0.2, -0.15) is 0 Å². The highest BCUT2D eigenvalue weighted by molar-refractivity contribution is 14.0. The van der Waals surface area contributed by atoms with Gasteiger partial charge >= 0.3 is 0 Å². The Morgan fingerprint density at radius 1 is 1.16 bits per heavy atom. The van der Waals surface area contributed by atoms with Crippen LogP contribution < -0.4 is 10.1 Å². The van der Waals surface area contributed by atoms with Crippen LogP contribution in [0.4, 0.5) is 0 Å². The Labute approximate surface area is 209 Å². The molecule has 2 aliphatic rings. The maximum absolute atomic E-state index is 5.29. The number of aryl methyl sites for hydroxylation is 2. The molecular formula is C24H37IN6O. The molecule has 0 bridgehead atoms. The zero-order valence-electron chi connectivity index (χ0n) is 19.4. The Bertz CT molecular complexity index is 866. The summed E-state index contributed by atoms with van der Waals surface area (Å²) in [5.41, 5.74) is 1.38. The number of hydrogen-bond acceptors (Lipinski definition) is 4. The van der Waals surface area contributed by atoms with Crippen LogP contribution in [0.25, 0.3) is 0 Å². The van der Waals surface area contributed by atoms with Crippen molar-refractivity contribution in [1.29, 1.82) is 0 Å². The van der Waals surface area contributed by atoms with Gasteiger partial charge in [-0.25, -0.2) is 0 Å². The maximum atomic E-state index is 5.29. The van der Waals surface area contributed by atoms with Gasteiger partial charge in [-0.05, 0) is 50.3 Å². The monoisotopic (exact) mass is 552 g/mol. The van der Waals surface area contributed by atoms with E-state index in [0.717, 1.165) is 75.9 Å². The van der Waals surface area contributed by atoms with E-state index in [4.69, 9.17) is 9.73 Å². The highest BCUT2D eigenvalue weighted by atomic mass is 127. The van der Waals surface area contributed by atoms with Crippen molar-refractivity contribution in [3.05, 3.63) is 41.5 Å². The number of aromatic nitrogens is 3. The fourth-order valence-corrected chi connectivity index (χ4v) is 4.68. The zero-order valence-corrected chi connectivity index (χ0v) is 21.8. The summed E-state index contributed by atoms with van der Waals surface area (Å²) in [6, 6.07) is 8.50. The molecule has 0 spiro atoms. The van der Waals surface area contributed by atoms with Crippen LogP contribution in [0.15, 0.2) is 29.3 Å². The van der Waals surface area contributed by atoms with Crippen molar-refractivity contribution in [2.75, 3.05) is 33.3 Å². The van der Waals surface area contributed by atoms with Crippen molar-refractivity contribution >= 4 is 29.9 Å². The van der Waals surface area contributed by atoms with E-state index in [1.807, 2.05) is 0 Å². The van der Waals surface area contributed by atoms with Gasteiger partial charge in [0, 0.05) is 51.5 Å². The Balaban J connectivity index is 0.00000289. The van der Waals surface area contributed by atoms with Gasteiger partial charge in [0.2, 0.25) is 0 Å². The number of aliphatic imine (C=N–C) groups is 1. The number of ether oxygens (including phenoxy) is 1. The van der Waals surface area contributed by atoms with Crippen LogP contribution in [0.2, 0.25) is 0 Å². The van der Waals surface area contributed by atoms with E-state index < -0.39 is 0 Å². The zero-order chi connectivity index (χ0) is 21.5. The molecule has 0 saturated carbocycles. The minimum atomic E-state index is 0. The fraction of sp³-hybridized carbons (Fsp3) is 0.625. The van der Waals surface area contributed by atoms with E-state index in [2.05, 4.69) is 56.2 Å². The van der Waals surface area contributed by atoms with E-state index in [9.17, 15) is 0 Å². The first-order valence-corrected chi connectivity index (χ1v) is 11.9. The second-order valence-corrected chi connectivity index (χ2v) is 8.54. The SMILES string of the molecule is CCNC(=NCCCc1nnc2n1CCCCC2)N1CCC(c2ccc(OC)cc2)C1.I. The average Bonchev–Trinajstić information content (AvgIpc) is 3.37. The molecule has 4 rings (SSSR count). The molecule has 8 heteroatoms. The molecular weight excluding hydrogens is 515 g/mol. The van der Waals surface area contributed by atoms with Gasteiger partial charge in [0.1, 0.15) is 17.4 Å². The van der Waals surface area contributed by atoms with Gasteiger partial charge in [-0.15, -0.1) is 34.2 Å². The van der Waals surface area contributed by atoms with Gasteiger partial charge in [0.05, 0.1) is 7.11 Å². The average molecular weight is 553 g/mol. The summed E-state index contributed by atoms with van der Waals surface area (Å²) in [5, 5.41) is 12.4. The molecule has 2 aromatic rings. The lowest BCUT2D eigenvalue weighted by Gasteiger charge is -2.22. The van der Waals surface area contributed by atoms with Crippen LogP contribution >= 0.6 is 24.0 Å². The Morgan fingerprint density at radius 3 is 2.78 bits per heavy atom. The molecule has 3 heterocycles. The van der Waals surface area contributed by atoms with Crippen LogP contribution in [0.1, 0.15) is 62.2 Å². The topological polar surface area (TPSA) is 67.6 Å². The van der Waals surface area contributed by atoms with Crippen molar-refractivity contribution in [3.8, 4) is 5.75 Å². The molecule has 0 amide bonds. The van der Waals surface area contributed by atoms with E-state index >= 15 is 0 Å². The Hall–Kier alpha value is -1.84. The standard InChI is InChI=1S/C24H36N6O.HI/c1-3-25-24(29-17-14-20(18-29)19-10-12-21(31-2)13-11-19)26-15-7-9-23-28-27-22-8-5-4-6-16-30(22)23;/h10-13,20H,3-9,14-18H2,1-2H3,(H,25,26);1H.